The normalized spacial score (nSPS) is 22.7. The first-order valence-electron chi connectivity index (χ1n) is 3.43. The molecule has 2 rings (SSSR count). The molecule has 0 saturated heterocycles. The second kappa shape index (κ2) is 2.06. The van der Waals surface area contributed by atoms with Crippen LogP contribution in [0, 0.1) is 0 Å². The molecule has 0 N–H and O–H groups in total. The largest absolute Gasteiger partial charge is 0.367 e. The van der Waals surface area contributed by atoms with Crippen LogP contribution >= 0.6 is 0 Å². The molecule has 1 atom stereocenters. The summed E-state index contributed by atoms with van der Waals surface area (Å²) in [6.07, 6.45) is 2.00. The molecule has 1 aromatic heterocycles. The van der Waals surface area contributed by atoms with Crippen molar-refractivity contribution in [3.8, 4) is 0 Å². The zero-order valence-corrected chi connectivity index (χ0v) is 5.87. The summed E-state index contributed by atoms with van der Waals surface area (Å²) in [6, 6.07) is 4.01. The molecule has 1 aliphatic rings. The highest BCUT2D eigenvalue weighted by Crippen LogP contribution is 2.26. The summed E-state index contributed by atoms with van der Waals surface area (Å²) >= 11 is 0. The van der Waals surface area contributed by atoms with Crippen LogP contribution in [0.1, 0.15) is 24.3 Å². The molecule has 0 amide bonds. The summed E-state index contributed by atoms with van der Waals surface area (Å²) in [6.45, 7) is 2.75. The zero-order chi connectivity index (χ0) is 6.97. The molecule has 0 saturated carbocycles. The molecular formula is C8H9NO. The minimum Gasteiger partial charge on any atom is -0.367 e. The lowest BCUT2D eigenvalue weighted by molar-refractivity contribution is 0.0779. The fraction of sp³-hybridized carbons (Fsp3) is 0.375. The van der Waals surface area contributed by atoms with Gasteiger partial charge < -0.3 is 4.74 Å². The first-order chi connectivity index (χ1) is 4.88. The molecule has 2 heteroatoms. The van der Waals surface area contributed by atoms with E-state index < -0.39 is 0 Å². The highest BCUT2D eigenvalue weighted by molar-refractivity contribution is 5.23. The molecule has 2 heterocycles. The second-order valence-electron chi connectivity index (χ2n) is 2.50. The van der Waals surface area contributed by atoms with Gasteiger partial charge in [0.2, 0.25) is 0 Å². The number of pyridine rings is 1. The van der Waals surface area contributed by atoms with Crippen LogP contribution in [-0.4, -0.2) is 4.98 Å². The molecule has 1 unspecified atom stereocenters. The van der Waals surface area contributed by atoms with Gasteiger partial charge >= 0.3 is 0 Å². The molecule has 0 radical (unpaired) electrons. The minimum absolute atomic E-state index is 0.191. The number of rotatable bonds is 0. The van der Waals surface area contributed by atoms with Gasteiger partial charge in [-0.05, 0) is 13.0 Å². The summed E-state index contributed by atoms with van der Waals surface area (Å²) in [4.78, 5) is 4.22. The van der Waals surface area contributed by atoms with Crippen LogP contribution in [-0.2, 0) is 11.3 Å². The van der Waals surface area contributed by atoms with Gasteiger partial charge in [-0.25, -0.2) is 0 Å². The van der Waals surface area contributed by atoms with Crippen molar-refractivity contribution < 1.29 is 4.74 Å². The van der Waals surface area contributed by atoms with Crippen LogP contribution in [0.5, 0.6) is 0 Å². The van der Waals surface area contributed by atoms with Gasteiger partial charge in [0.15, 0.2) is 0 Å². The van der Waals surface area contributed by atoms with Crippen molar-refractivity contribution in [1.29, 1.82) is 0 Å². The van der Waals surface area contributed by atoms with E-state index in [1.54, 1.807) is 0 Å². The molecule has 0 aliphatic carbocycles. The van der Waals surface area contributed by atoms with Gasteiger partial charge in [-0.3, -0.25) is 4.98 Å². The molecule has 0 fully saturated rings. The number of hydrogen-bond acceptors (Lipinski definition) is 2. The highest BCUT2D eigenvalue weighted by Gasteiger charge is 2.18. The Hall–Kier alpha value is -0.890. The van der Waals surface area contributed by atoms with E-state index in [1.165, 1.54) is 5.56 Å². The zero-order valence-electron chi connectivity index (χ0n) is 5.87. The van der Waals surface area contributed by atoms with E-state index in [0.717, 1.165) is 12.3 Å². The second-order valence-corrected chi connectivity index (χ2v) is 2.50. The Kier molecular flexibility index (Phi) is 1.21. The fourth-order valence-electron chi connectivity index (χ4n) is 1.23. The molecule has 0 spiro atoms. The number of nitrogens with zero attached hydrogens (tertiary/aromatic N) is 1. The molecule has 1 aromatic rings. The monoisotopic (exact) mass is 135 g/mol. The lowest BCUT2D eigenvalue weighted by Gasteiger charge is -1.99. The molecule has 0 aromatic carbocycles. The Morgan fingerprint density at radius 3 is 3.40 bits per heavy atom. The Morgan fingerprint density at radius 1 is 1.70 bits per heavy atom. The van der Waals surface area contributed by atoms with Gasteiger partial charge in [-0.1, -0.05) is 6.07 Å². The van der Waals surface area contributed by atoms with Crippen LogP contribution in [0.15, 0.2) is 18.3 Å². The van der Waals surface area contributed by atoms with E-state index in [1.807, 2.05) is 19.2 Å². The summed E-state index contributed by atoms with van der Waals surface area (Å²) < 4.78 is 5.36. The molecular weight excluding hydrogens is 126 g/mol. The van der Waals surface area contributed by atoms with Crippen molar-refractivity contribution in [3.05, 3.63) is 29.6 Å². The van der Waals surface area contributed by atoms with Gasteiger partial charge in [0.25, 0.3) is 0 Å². The summed E-state index contributed by atoms with van der Waals surface area (Å²) in [5.41, 5.74) is 2.33. The van der Waals surface area contributed by atoms with Crippen LogP contribution in [0.25, 0.3) is 0 Å². The lowest BCUT2D eigenvalue weighted by Crippen LogP contribution is -1.90. The molecule has 0 bridgehead atoms. The highest BCUT2D eigenvalue weighted by atomic mass is 16.5. The molecule has 1 aliphatic heterocycles. The van der Waals surface area contributed by atoms with Gasteiger partial charge in [0.05, 0.1) is 18.4 Å². The third-order valence-electron chi connectivity index (χ3n) is 1.80. The van der Waals surface area contributed by atoms with Crippen LogP contribution < -0.4 is 0 Å². The Balaban J connectivity index is 2.51. The number of hydrogen-bond donors (Lipinski definition) is 0. The predicted octanol–water partition coefficient (Wildman–Crippen LogP) is 1.67. The van der Waals surface area contributed by atoms with Crippen LogP contribution in [0.4, 0.5) is 0 Å². The first-order valence-corrected chi connectivity index (χ1v) is 3.43. The quantitative estimate of drug-likeness (QED) is 0.540. The van der Waals surface area contributed by atoms with Crippen molar-refractivity contribution in [1.82, 2.24) is 4.98 Å². The topological polar surface area (TPSA) is 22.1 Å². The standard InChI is InChI=1S/C8H9NO/c1-6-8-7(5-10-6)3-2-4-9-8/h2-4,6H,5H2,1H3. The summed E-state index contributed by atoms with van der Waals surface area (Å²) in [5.74, 6) is 0. The van der Waals surface area contributed by atoms with Gasteiger partial charge in [-0.15, -0.1) is 0 Å². The van der Waals surface area contributed by atoms with Crippen molar-refractivity contribution >= 4 is 0 Å². The maximum atomic E-state index is 5.36. The Morgan fingerprint density at radius 2 is 2.60 bits per heavy atom. The maximum Gasteiger partial charge on any atom is 0.0974 e. The van der Waals surface area contributed by atoms with Crippen LogP contribution in [0.2, 0.25) is 0 Å². The Labute approximate surface area is 59.9 Å². The predicted molar refractivity (Wildman–Crippen MR) is 37.4 cm³/mol. The summed E-state index contributed by atoms with van der Waals surface area (Å²) in [5, 5.41) is 0. The molecule has 52 valence electrons. The number of aromatic nitrogens is 1. The van der Waals surface area contributed by atoms with Crippen LogP contribution in [0.3, 0.4) is 0 Å². The molecule has 2 nitrogen and oxygen atoms in total. The van der Waals surface area contributed by atoms with Gasteiger partial charge in [0.1, 0.15) is 0 Å². The summed E-state index contributed by atoms with van der Waals surface area (Å²) in [7, 11) is 0. The fourth-order valence-corrected chi connectivity index (χ4v) is 1.23. The molecule has 10 heavy (non-hydrogen) atoms. The van der Waals surface area contributed by atoms with E-state index in [0.29, 0.717) is 0 Å². The van der Waals surface area contributed by atoms with Crippen molar-refractivity contribution in [2.24, 2.45) is 0 Å². The smallest absolute Gasteiger partial charge is 0.0974 e. The van der Waals surface area contributed by atoms with E-state index in [9.17, 15) is 0 Å². The number of ether oxygens (including phenoxy) is 1. The van der Waals surface area contributed by atoms with E-state index in [4.69, 9.17) is 4.74 Å². The van der Waals surface area contributed by atoms with Crippen molar-refractivity contribution in [2.75, 3.05) is 0 Å². The van der Waals surface area contributed by atoms with E-state index in [2.05, 4.69) is 11.1 Å². The average molecular weight is 135 g/mol. The van der Waals surface area contributed by atoms with E-state index in [-0.39, 0.29) is 6.10 Å². The van der Waals surface area contributed by atoms with E-state index >= 15 is 0 Å². The van der Waals surface area contributed by atoms with Gasteiger partial charge in [-0.2, -0.15) is 0 Å². The maximum absolute atomic E-state index is 5.36. The third kappa shape index (κ3) is 0.727. The Bertz CT molecular complexity index is 247. The number of fused-ring (bicyclic) bond motifs is 1. The first kappa shape index (κ1) is 5.86. The van der Waals surface area contributed by atoms with Gasteiger partial charge in [0, 0.05) is 11.8 Å². The SMILES string of the molecule is CC1OCc2cccnc21. The van der Waals surface area contributed by atoms with Crippen molar-refractivity contribution in [2.45, 2.75) is 19.6 Å². The minimum atomic E-state index is 0.191. The third-order valence-corrected chi connectivity index (χ3v) is 1.80. The lowest BCUT2D eigenvalue weighted by atomic mass is 10.2. The van der Waals surface area contributed by atoms with Crippen molar-refractivity contribution in [3.63, 3.8) is 0 Å². The average Bonchev–Trinajstić information content (AvgIpc) is 2.34.